The third-order valence-corrected chi connectivity index (χ3v) is 4.84. The summed E-state index contributed by atoms with van der Waals surface area (Å²) in [6, 6.07) is 9.78. The van der Waals surface area contributed by atoms with Crippen LogP contribution in [-0.2, 0) is 0 Å². The van der Waals surface area contributed by atoms with E-state index in [0.717, 1.165) is 11.3 Å². The fourth-order valence-electron chi connectivity index (χ4n) is 1.68. The van der Waals surface area contributed by atoms with Gasteiger partial charge in [0.15, 0.2) is 5.82 Å². The molecule has 20 heavy (non-hydrogen) atoms. The Bertz CT molecular complexity index is 735. The first kappa shape index (κ1) is 13.8. The maximum Gasteiger partial charge on any atom is 0.165 e. The van der Waals surface area contributed by atoms with Gasteiger partial charge in [-0.05, 0) is 34.7 Å². The molecule has 0 spiro atoms. The normalized spacial score (nSPS) is 10.8. The number of hydrogen-bond acceptors (Lipinski definition) is 3. The van der Waals surface area contributed by atoms with Gasteiger partial charge in [-0.25, -0.2) is 14.6 Å². The fraction of sp³-hybridized carbons (Fsp3) is 0. The molecule has 1 aromatic carbocycles. The van der Waals surface area contributed by atoms with Gasteiger partial charge in [0.2, 0.25) is 0 Å². The van der Waals surface area contributed by atoms with Crippen molar-refractivity contribution in [2.75, 3.05) is 0 Å². The van der Waals surface area contributed by atoms with Crippen LogP contribution in [0.3, 0.4) is 0 Å². The van der Waals surface area contributed by atoms with Gasteiger partial charge in [-0.1, -0.05) is 41.4 Å². The summed E-state index contributed by atoms with van der Waals surface area (Å²) >= 11 is 14.1. The van der Waals surface area contributed by atoms with Crippen LogP contribution in [0, 0.1) is 3.57 Å². The molecule has 0 radical (unpaired) electrons. The molecule has 4 nitrogen and oxygen atoms in total. The number of nitrogens with zero attached hydrogens (tertiary/aromatic N) is 4. The summed E-state index contributed by atoms with van der Waals surface area (Å²) in [7, 11) is 0. The lowest BCUT2D eigenvalue weighted by molar-refractivity contribution is 0.880. The van der Waals surface area contributed by atoms with Crippen LogP contribution in [0.2, 0.25) is 10.3 Å². The van der Waals surface area contributed by atoms with Crippen molar-refractivity contribution >= 4 is 45.8 Å². The van der Waals surface area contributed by atoms with E-state index in [1.165, 1.54) is 0 Å². The van der Waals surface area contributed by atoms with Crippen LogP contribution in [0.4, 0.5) is 0 Å². The van der Waals surface area contributed by atoms with Gasteiger partial charge in [0.1, 0.15) is 10.3 Å². The largest absolute Gasteiger partial charge is 0.240 e. The van der Waals surface area contributed by atoms with Crippen molar-refractivity contribution in [2.24, 2.45) is 0 Å². The predicted molar refractivity (Wildman–Crippen MR) is 87.3 cm³/mol. The molecule has 7 heteroatoms. The first-order valence-electron chi connectivity index (χ1n) is 5.64. The Morgan fingerprint density at radius 1 is 1.00 bits per heavy atom. The Morgan fingerprint density at radius 2 is 1.65 bits per heavy atom. The lowest BCUT2D eigenvalue weighted by Gasteiger charge is -2.01. The molecule has 2 aromatic heterocycles. The lowest BCUT2D eigenvalue weighted by atomic mass is 10.3. The van der Waals surface area contributed by atoms with E-state index in [2.05, 4.69) is 15.1 Å². The highest BCUT2D eigenvalue weighted by atomic mass is 127. The van der Waals surface area contributed by atoms with Gasteiger partial charge in [-0.2, -0.15) is 5.10 Å². The molecule has 0 saturated heterocycles. The highest BCUT2D eigenvalue weighted by molar-refractivity contribution is 14.1. The Hall–Kier alpha value is -1.18. The van der Waals surface area contributed by atoms with E-state index in [4.69, 9.17) is 23.2 Å². The minimum Gasteiger partial charge on any atom is -0.240 e. The maximum atomic E-state index is 6.02. The van der Waals surface area contributed by atoms with Gasteiger partial charge in [0, 0.05) is 6.20 Å². The van der Waals surface area contributed by atoms with Crippen molar-refractivity contribution in [2.45, 2.75) is 0 Å². The highest BCUT2D eigenvalue weighted by Gasteiger charge is 2.12. The topological polar surface area (TPSA) is 43.6 Å². The molecule has 100 valence electrons. The van der Waals surface area contributed by atoms with Crippen molar-refractivity contribution < 1.29 is 0 Å². The zero-order valence-electron chi connectivity index (χ0n) is 9.96. The van der Waals surface area contributed by atoms with Crippen LogP contribution in [0.15, 0.2) is 42.7 Å². The molecule has 0 N–H and O–H groups in total. The van der Waals surface area contributed by atoms with E-state index in [1.807, 2.05) is 59.1 Å². The summed E-state index contributed by atoms with van der Waals surface area (Å²) in [5.74, 6) is 0.461. The quantitative estimate of drug-likeness (QED) is 0.463. The fourth-order valence-corrected chi connectivity index (χ4v) is 2.31. The van der Waals surface area contributed by atoms with Crippen LogP contribution >= 0.6 is 45.8 Å². The standard InChI is InChI=1S/C13H7Cl2IN4/c14-11-10(16)12(15)19-13(18-11)8-6-17-20(7-8)9-4-2-1-3-5-9/h1-7H. The van der Waals surface area contributed by atoms with Gasteiger partial charge in [0.05, 0.1) is 21.0 Å². The predicted octanol–water partition coefficient (Wildman–Crippen LogP) is 4.24. The first-order chi connectivity index (χ1) is 9.65. The lowest BCUT2D eigenvalue weighted by Crippen LogP contribution is -1.94. The number of rotatable bonds is 2. The molecule has 0 atom stereocenters. The molecular weight excluding hydrogens is 410 g/mol. The molecule has 3 aromatic rings. The molecule has 0 fully saturated rings. The second-order valence-corrected chi connectivity index (χ2v) is 5.75. The third-order valence-electron chi connectivity index (χ3n) is 2.63. The molecule has 0 unspecified atom stereocenters. The van der Waals surface area contributed by atoms with Gasteiger partial charge < -0.3 is 0 Å². The summed E-state index contributed by atoms with van der Waals surface area (Å²) in [4.78, 5) is 8.44. The van der Waals surface area contributed by atoms with E-state index in [-0.39, 0.29) is 0 Å². The van der Waals surface area contributed by atoms with Gasteiger partial charge >= 0.3 is 0 Å². The zero-order chi connectivity index (χ0) is 14.1. The Morgan fingerprint density at radius 3 is 2.30 bits per heavy atom. The first-order valence-corrected chi connectivity index (χ1v) is 7.47. The number of para-hydroxylation sites is 1. The van der Waals surface area contributed by atoms with Gasteiger partial charge in [-0.3, -0.25) is 0 Å². The second-order valence-electron chi connectivity index (χ2n) is 3.95. The van der Waals surface area contributed by atoms with E-state index < -0.39 is 0 Å². The summed E-state index contributed by atoms with van der Waals surface area (Å²) in [5, 5.41) is 4.97. The third kappa shape index (κ3) is 2.65. The van der Waals surface area contributed by atoms with E-state index in [0.29, 0.717) is 19.7 Å². The van der Waals surface area contributed by atoms with Crippen LogP contribution < -0.4 is 0 Å². The zero-order valence-corrected chi connectivity index (χ0v) is 13.6. The van der Waals surface area contributed by atoms with Crippen molar-refractivity contribution in [1.29, 1.82) is 0 Å². The van der Waals surface area contributed by atoms with Crippen molar-refractivity contribution in [1.82, 2.24) is 19.7 Å². The molecule has 0 amide bonds. The minimum absolute atomic E-state index is 0.341. The van der Waals surface area contributed by atoms with E-state index >= 15 is 0 Å². The summed E-state index contributed by atoms with van der Waals surface area (Å²) in [6.07, 6.45) is 3.52. The van der Waals surface area contributed by atoms with E-state index in [9.17, 15) is 0 Å². The van der Waals surface area contributed by atoms with E-state index in [1.54, 1.807) is 10.9 Å². The molecule has 3 rings (SSSR count). The average molecular weight is 417 g/mol. The maximum absolute atomic E-state index is 6.02. The summed E-state index contributed by atoms with van der Waals surface area (Å²) in [6.45, 7) is 0. The average Bonchev–Trinajstić information content (AvgIpc) is 2.95. The Balaban J connectivity index is 2.03. The Labute approximate surface area is 138 Å². The van der Waals surface area contributed by atoms with Crippen LogP contribution in [0.25, 0.3) is 17.1 Å². The summed E-state index contributed by atoms with van der Waals surface area (Å²) < 4.78 is 2.39. The SMILES string of the molecule is Clc1nc(-c2cnn(-c3ccccc3)c2)nc(Cl)c1I. The molecule has 0 bridgehead atoms. The van der Waals surface area contributed by atoms with Gasteiger partial charge in [0.25, 0.3) is 0 Å². The summed E-state index contributed by atoms with van der Waals surface area (Å²) in [5.41, 5.74) is 1.72. The molecular formula is C13H7Cl2IN4. The molecule has 0 aliphatic rings. The second kappa shape index (κ2) is 5.67. The number of hydrogen-bond donors (Lipinski definition) is 0. The smallest absolute Gasteiger partial charge is 0.165 e. The minimum atomic E-state index is 0.341. The molecule has 2 heterocycles. The molecule has 0 aliphatic carbocycles. The van der Waals surface area contributed by atoms with Gasteiger partial charge in [-0.15, -0.1) is 0 Å². The van der Waals surface area contributed by atoms with Crippen LogP contribution in [-0.4, -0.2) is 19.7 Å². The Kier molecular flexibility index (Phi) is 3.91. The number of halogens is 3. The monoisotopic (exact) mass is 416 g/mol. The van der Waals surface area contributed by atoms with Crippen molar-refractivity contribution in [3.63, 3.8) is 0 Å². The van der Waals surface area contributed by atoms with Crippen LogP contribution in [0.5, 0.6) is 0 Å². The highest BCUT2D eigenvalue weighted by Crippen LogP contribution is 2.26. The molecule has 0 saturated carbocycles. The van der Waals surface area contributed by atoms with Crippen LogP contribution in [0.1, 0.15) is 0 Å². The number of benzene rings is 1. The number of aromatic nitrogens is 4. The van der Waals surface area contributed by atoms with Crippen molar-refractivity contribution in [3.8, 4) is 17.1 Å². The molecule has 0 aliphatic heterocycles. The van der Waals surface area contributed by atoms with Crippen molar-refractivity contribution in [3.05, 3.63) is 56.6 Å².